The van der Waals surface area contributed by atoms with Gasteiger partial charge in [-0.25, -0.2) is 0 Å². The molecule has 0 aliphatic rings. The zero-order valence-corrected chi connectivity index (χ0v) is 13.8. The lowest BCUT2D eigenvalue weighted by molar-refractivity contribution is -0.122. The van der Waals surface area contributed by atoms with Crippen molar-refractivity contribution in [3.8, 4) is 0 Å². The van der Waals surface area contributed by atoms with Gasteiger partial charge in [-0.3, -0.25) is 4.79 Å². The molecular weight excluding hydrogens is 344 g/mol. The van der Waals surface area contributed by atoms with Crippen molar-refractivity contribution in [3.63, 3.8) is 0 Å². The van der Waals surface area contributed by atoms with Crippen LogP contribution in [-0.2, 0) is 17.8 Å². The van der Waals surface area contributed by atoms with Crippen LogP contribution < -0.4 is 5.32 Å². The van der Waals surface area contributed by atoms with Crippen molar-refractivity contribution in [3.05, 3.63) is 59.1 Å². The second-order valence-electron chi connectivity index (χ2n) is 5.40. The van der Waals surface area contributed by atoms with E-state index in [1.165, 1.54) is 0 Å². The number of carbonyl (C=O) groups excluding carboxylic acids is 1. The highest BCUT2D eigenvalue weighted by molar-refractivity contribution is 9.10. The molecule has 114 valence electrons. The maximum atomic E-state index is 12.2. The van der Waals surface area contributed by atoms with Crippen molar-refractivity contribution in [1.29, 1.82) is 0 Å². The van der Waals surface area contributed by atoms with Gasteiger partial charge in [0.1, 0.15) is 12.3 Å². The molecule has 0 spiro atoms. The van der Waals surface area contributed by atoms with Crippen LogP contribution in [0.5, 0.6) is 0 Å². The lowest BCUT2D eigenvalue weighted by Gasteiger charge is -2.13. The van der Waals surface area contributed by atoms with Gasteiger partial charge in [0.15, 0.2) is 0 Å². The third kappa shape index (κ3) is 3.42. The van der Waals surface area contributed by atoms with E-state index in [0.29, 0.717) is 13.0 Å². The monoisotopic (exact) mass is 360 g/mol. The van der Waals surface area contributed by atoms with Gasteiger partial charge in [0, 0.05) is 28.6 Å². The van der Waals surface area contributed by atoms with Crippen LogP contribution in [0.25, 0.3) is 10.9 Å². The van der Waals surface area contributed by atoms with Gasteiger partial charge in [0.2, 0.25) is 5.91 Å². The van der Waals surface area contributed by atoms with Gasteiger partial charge in [-0.15, -0.1) is 0 Å². The normalized spacial score (nSPS) is 12.5. The summed E-state index contributed by atoms with van der Waals surface area (Å²) in [4.78, 5) is 12.2. The summed E-state index contributed by atoms with van der Waals surface area (Å²) in [6.45, 7) is 2.28. The fourth-order valence-corrected chi connectivity index (χ4v) is 2.90. The van der Waals surface area contributed by atoms with E-state index in [2.05, 4.69) is 21.2 Å². The zero-order valence-electron chi connectivity index (χ0n) is 12.3. The predicted octanol–water partition coefficient (Wildman–Crippen LogP) is 3.74. The minimum absolute atomic E-state index is 0.00321. The third-order valence-electron chi connectivity index (χ3n) is 3.54. The number of hydrogen-bond acceptors (Lipinski definition) is 2. The second-order valence-corrected chi connectivity index (χ2v) is 6.31. The molecule has 2 aromatic heterocycles. The fourth-order valence-electron chi connectivity index (χ4n) is 2.55. The first-order valence-corrected chi connectivity index (χ1v) is 7.97. The molecule has 22 heavy (non-hydrogen) atoms. The third-order valence-corrected chi connectivity index (χ3v) is 4.04. The Kier molecular flexibility index (Phi) is 4.34. The summed E-state index contributed by atoms with van der Waals surface area (Å²) in [6, 6.07) is 11.9. The van der Waals surface area contributed by atoms with Gasteiger partial charge in [0.25, 0.3) is 0 Å². The number of amides is 1. The molecule has 0 aliphatic carbocycles. The maximum absolute atomic E-state index is 12.2. The van der Waals surface area contributed by atoms with Gasteiger partial charge >= 0.3 is 0 Å². The molecule has 0 saturated heterocycles. The van der Waals surface area contributed by atoms with E-state index in [0.717, 1.165) is 21.1 Å². The largest absolute Gasteiger partial charge is 0.469 e. The summed E-state index contributed by atoms with van der Waals surface area (Å²) >= 11 is 3.47. The Morgan fingerprint density at radius 1 is 1.36 bits per heavy atom. The molecule has 0 unspecified atom stereocenters. The average Bonchev–Trinajstić information content (AvgIpc) is 3.09. The van der Waals surface area contributed by atoms with E-state index < -0.39 is 0 Å². The summed E-state index contributed by atoms with van der Waals surface area (Å²) in [5, 5.41) is 4.13. The Morgan fingerprint density at radius 2 is 2.23 bits per heavy atom. The van der Waals surface area contributed by atoms with E-state index in [-0.39, 0.29) is 11.9 Å². The molecule has 1 amide bonds. The van der Waals surface area contributed by atoms with Crippen molar-refractivity contribution < 1.29 is 9.21 Å². The van der Waals surface area contributed by atoms with Crippen molar-refractivity contribution >= 4 is 32.7 Å². The van der Waals surface area contributed by atoms with Gasteiger partial charge in [-0.1, -0.05) is 22.0 Å². The number of furan rings is 1. The van der Waals surface area contributed by atoms with E-state index in [4.69, 9.17) is 4.42 Å². The fraction of sp³-hybridized carbons (Fsp3) is 0.235. The van der Waals surface area contributed by atoms with Crippen LogP contribution in [0.4, 0.5) is 0 Å². The lowest BCUT2D eigenvalue weighted by Crippen LogP contribution is -2.36. The van der Waals surface area contributed by atoms with Crippen LogP contribution in [0.15, 0.2) is 57.7 Å². The number of carbonyl (C=O) groups is 1. The van der Waals surface area contributed by atoms with E-state index in [1.54, 1.807) is 6.26 Å². The molecule has 4 nitrogen and oxygen atoms in total. The van der Waals surface area contributed by atoms with Crippen molar-refractivity contribution in [2.75, 3.05) is 0 Å². The van der Waals surface area contributed by atoms with Gasteiger partial charge in [-0.05, 0) is 42.6 Å². The van der Waals surface area contributed by atoms with Crippen molar-refractivity contribution in [1.82, 2.24) is 9.88 Å². The average molecular weight is 361 g/mol. The minimum Gasteiger partial charge on any atom is -0.469 e. The first kappa shape index (κ1) is 14.9. The van der Waals surface area contributed by atoms with E-state index >= 15 is 0 Å². The minimum atomic E-state index is -0.00321. The Hall–Kier alpha value is -2.01. The Morgan fingerprint density at radius 3 is 3.00 bits per heavy atom. The highest BCUT2D eigenvalue weighted by atomic mass is 79.9. The summed E-state index contributed by atoms with van der Waals surface area (Å²) in [5.74, 6) is 0.875. The number of hydrogen-bond donors (Lipinski definition) is 1. The molecule has 3 rings (SSSR count). The van der Waals surface area contributed by atoms with Crippen LogP contribution in [0.1, 0.15) is 12.7 Å². The molecular formula is C17H17BrN2O2. The molecule has 1 atom stereocenters. The number of nitrogens with one attached hydrogen (secondary N) is 1. The predicted molar refractivity (Wildman–Crippen MR) is 89.7 cm³/mol. The molecule has 5 heteroatoms. The maximum Gasteiger partial charge on any atom is 0.240 e. The number of rotatable bonds is 5. The van der Waals surface area contributed by atoms with Crippen molar-refractivity contribution in [2.24, 2.45) is 0 Å². The Labute approximate surface area is 137 Å². The lowest BCUT2D eigenvalue weighted by atomic mass is 10.2. The highest BCUT2D eigenvalue weighted by Gasteiger charge is 2.11. The standard InChI is InChI=1S/C17H17BrN2O2/c1-12(9-15-3-2-8-22-15)19-17(21)11-20-7-6-13-4-5-14(18)10-16(13)20/h2-8,10,12H,9,11H2,1H3,(H,19,21)/t12-/m0/s1. The van der Waals surface area contributed by atoms with Crippen molar-refractivity contribution in [2.45, 2.75) is 25.9 Å². The first-order valence-electron chi connectivity index (χ1n) is 7.18. The molecule has 3 aromatic rings. The number of benzene rings is 1. The summed E-state index contributed by atoms with van der Waals surface area (Å²) < 4.78 is 8.26. The molecule has 0 aliphatic heterocycles. The van der Waals surface area contributed by atoms with Crippen LogP contribution in [0.2, 0.25) is 0 Å². The summed E-state index contributed by atoms with van der Waals surface area (Å²) in [6.07, 6.45) is 4.28. The van der Waals surface area contributed by atoms with Gasteiger partial charge in [0.05, 0.1) is 6.26 Å². The summed E-state index contributed by atoms with van der Waals surface area (Å²) in [5.41, 5.74) is 1.04. The molecule has 1 N–H and O–H groups in total. The zero-order chi connectivity index (χ0) is 15.5. The SMILES string of the molecule is C[C@@H](Cc1ccco1)NC(=O)Cn1ccc2ccc(Br)cc21. The second kappa shape index (κ2) is 6.40. The van der Waals surface area contributed by atoms with Crippen LogP contribution in [-0.4, -0.2) is 16.5 Å². The molecule has 0 saturated carbocycles. The quantitative estimate of drug-likeness (QED) is 0.753. The summed E-state index contributed by atoms with van der Waals surface area (Å²) in [7, 11) is 0. The highest BCUT2D eigenvalue weighted by Crippen LogP contribution is 2.20. The number of nitrogens with zero attached hydrogens (tertiary/aromatic N) is 1. The van der Waals surface area contributed by atoms with Crippen LogP contribution in [0.3, 0.4) is 0 Å². The molecule has 2 heterocycles. The van der Waals surface area contributed by atoms with Gasteiger partial charge in [-0.2, -0.15) is 0 Å². The Bertz CT molecular complexity index is 777. The first-order chi connectivity index (χ1) is 10.6. The van der Waals surface area contributed by atoms with Crippen LogP contribution in [0, 0.1) is 0 Å². The van der Waals surface area contributed by atoms with E-state index in [9.17, 15) is 4.79 Å². The van der Waals surface area contributed by atoms with Crippen LogP contribution >= 0.6 is 15.9 Å². The molecule has 0 bridgehead atoms. The number of fused-ring (bicyclic) bond motifs is 1. The molecule has 1 aromatic carbocycles. The topological polar surface area (TPSA) is 47.2 Å². The number of halogens is 1. The number of aromatic nitrogens is 1. The molecule has 0 radical (unpaired) electrons. The van der Waals surface area contributed by atoms with E-state index in [1.807, 2.05) is 54.1 Å². The smallest absolute Gasteiger partial charge is 0.240 e. The Balaban J connectivity index is 1.64. The molecule has 0 fully saturated rings. The van der Waals surface area contributed by atoms with Gasteiger partial charge < -0.3 is 14.3 Å².